The lowest BCUT2D eigenvalue weighted by Crippen LogP contribution is -2.54. The molecule has 3 N–H and O–H groups in total. The molecule has 0 aliphatic carbocycles. The van der Waals surface area contributed by atoms with Gasteiger partial charge in [0.1, 0.15) is 24.4 Å². The summed E-state index contributed by atoms with van der Waals surface area (Å²) < 4.78 is 10.7. The van der Waals surface area contributed by atoms with Gasteiger partial charge >= 0.3 is 0 Å². The fourth-order valence-electron chi connectivity index (χ4n) is 2.26. The summed E-state index contributed by atoms with van der Waals surface area (Å²) in [7, 11) is 0. The van der Waals surface area contributed by atoms with Crippen molar-refractivity contribution in [1.82, 2.24) is 0 Å². The second-order valence-electron chi connectivity index (χ2n) is 5.60. The van der Waals surface area contributed by atoms with E-state index in [-0.39, 0.29) is 13.2 Å². The first-order valence-corrected chi connectivity index (χ1v) is 8.05. The SMILES string of the molecule is CCC/C=C/CCCCCOC[C@H]1OC[C@H](O)[C@@H](O)[C@@H]1O. The summed E-state index contributed by atoms with van der Waals surface area (Å²) in [4.78, 5) is 0. The van der Waals surface area contributed by atoms with Gasteiger partial charge in [-0.1, -0.05) is 31.9 Å². The molecule has 0 amide bonds. The normalized spacial score (nSPS) is 30.1. The molecule has 0 aromatic heterocycles. The Morgan fingerprint density at radius 1 is 1.05 bits per heavy atom. The Morgan fingerprint density at radius 2 is 1.81 bits per heavy atom. The zero-order chi connectivity index (χ0) is 15.5. The van der Waals surface area contributed by atoms with Crippen LogP contribution in [0.2, 0.25) is 0 Å². The van der Waals surface area contributed by atoms with Crippen LogP contribution in [0, 0.1) is 0 Å². The summed E-state index contributed by atoms with van der Waals surface area (Å²) in [5, 5.41) is 28.6. The van der Waals surface area contributed by atoms with E-state index >= 15 is 0 Å². The largest absolute Gasteiger partial charge is 0.388 e. The lowest BCUT2D eigenvalue weighted by atomic mass is 10.0. The van der Waals surface area contributed by atoms with Crippen molar-refractivity contribution in [2.45, 2.75) is 69.9 Å². The molecule has 1 saturated heterocycles. The second-order valence-corrected chi connectivity index (χ2v) is 5.60. The van der Waals surface area contributed by atoms with E-state index in [1.54, 1.807) is 0 Å². The summed E-state index contributed by atoms with van der Waals surface area (Å²) in [5.74, 6) is 0. The fourth-order valence-corrected chi connectivity index (χ4v) is 2.26. The zero-order valence-corrected chi connectivity index (χ0v) is 13.0. The van der Waals surface area contributed by atoms with Crippen LogP contribution in [0.15, 0.2) is 12.2 Å². The molecule has 0 bridgehead atoms. The van der Waals surface area contributed by atoms with E-state index in [2.05, 4.69) is 19.1 Å². The van der Waals surface area contributed by atoms with E-state index in [9.17, 15) is 15.3 Å². The van der Waals surface area contributed by atoms with Gasteiger partial charge in [-0.3, -0.25) is 0 Å². The number of unbranched alkanes of at least 4 members (excludes halogenated alkanes) is 4. The first-order chi connectivity index (χ1) is 10.2. The third-order valence-corrected chi connectivity index (χ3v) is 3.67. The van der Waals surface area contributed by atoms with Gasteiger partial charge in [0, 0.05) is 6.61 Å². The van der Waals surface area contributed by atoms with Crippen LogP contribution in [-0.4, -0.2) is 59.6 Å². The predicted molar refractivity (Wildman–Crippen MR) is 81.1 cm³/mol. The van der Waals surface area contributed by atoms with Crippen LogP contribution >= 0.6 is 0 Å². The average molecular weight is 302 g/mol. The topological polar surface area (TPSA) is 79.2 Å². The van der Waals surface area contributed by atoms with Crippen molar-refractivity contribution in [3.63, 3.8) is 0 Å². The minimum absolute atomic E-state index is 0.0380. The highest BCUT2D eigenvalue weighted by Gasteiger charge is 2.37. The molecule has 0 aromatic carbocycles. The molecule has 0 saturated carbocycles. The summed E-state index contributed by atoms with van der Waals surface area (Å²) in [6, 6.07) is 0. The summed E-state index contributed by atoms with van der Waals surface area (Å²) in [6.45, 7) is 3.09. The van der Waals surface area contributed by atoms with Crippen molar-refractivity contribution in [2.24, 2.45) is 0 Å². The molecule has 1 aliphatic heterocycles. The van der Waals surface area contributed by atoms with Crippen LogP contribution in [0.5, 0.6) is 0 Å². The van der Waals surface area contributed by atoms with Crippen molar-refractivity contribution in [3.05, 3.63) is 12.2 Å². The number of hydrogen-bond donors (Lipinski definition) is 3. The summed E-state index contributed by atoms with van der Waals surface area (Å²) >= 11 is 0. The summed E-state index contributed by atoms with van der Waals surface area (Å²) in [5.41, 5.74) is 0. The highest BCUT2D eigenvalue weighted by Crippen LogP contribution is 2.16. The van der Waals surface area contributed by atoms with Crippen LogP contribution in [0.3, 0.4) is 0 Å². The van der Waals surface area contributed by atoms with E-state index in [1.807, 2.05) is 0 Å². The molecule has 0 radical (unpaired) electrons. The number of ether oxygens (including phenoxy) is 2. The molecule has 1 aliphatic rings. The molecule has 1 heterocycles. The molecule has 21 heavy (non-hydrogen) atoms. The van der Waals surface area contributed by atoms with Crippen LogP contribution in [0.25, 0.3) is 0 Å². The number of hydrogen-bond acceptors (Lipinski definition) is 5. The first kappa shape index (κ1) is 18.6. The molecular weight excluding hydrogens is 272 g/mol. The molecule has 5 nitrogen and oxygen atoms in total. The van der Waals surface area contributed by atoms with Crippen LogP contribution < -0.4 is 0 Å². The molecule has 4 atom stereocenters. The Balaban J connectivity index is 1.97. The third kappa shape index (κ3) is 7.38. The highest BCUT2D eigenvalue weighted by atomic mass is 16.6. The Hall–Kier alpha value is -0.460. The number of allylic oxidation sites excluding steroid dienone is 2. The van der Waals surface area contributed by atoms with Crippen LogP contribution in [0.4, 0.5) is 0 Å². The maximum absolute atomic E-state index is 9.73. The minimum atomic E-state index is -1.15. The monoisotopic (exact) mass is 302 g/mol. The minimum Gasteiger partial charge on any atom is -0.388 e. The van der Waals surface area contributed by atoms with Gasteiger partial charge in [0.05, 0.1) is 13.2 Å². The van der Waals surface area contributed by atoms with E-state index in [0.717, 1.165) is 32.1 Å². The number of rotatable bonds is 10. The van der Waals surface area contributed by atoms with Crippen molar-refractivity contribution < 1.29 is 24.8 Å². The Morgan fingerprint density at radius 3 is 2.57 bits per heavy atom. The van der Waals surface area contributed by atoms with Crippen LogP contribution in [0.1, 0.15) is 45.4 Å². The zero-order valence-electron chi connectivity index (χ0n) is 13.0. The molecule has 5 heteroatoms. The third-order valence-electron chi connectivity index (χ3n) is 3.67. The molecule has 124 valence electrons. The van der Waals surface area contributed by atoms with Gasteiger partial charge in [0.25, 0.3) is 0 Å². The highest BCUT2D eigenvalue weighted by molar-refractivity contribution is 4.86. The van der Waals surface area contributed by atoms with Crippen LogP contribution in [-0.2, 0) is 9.47 Å². The number of aliphatic hydroxyl groups is 3. The van der Waals surface area contributed by atoms with Gasteiger partial charge in [-0.15, -0.1) is 0 Å². The quantitative estimate of drug-likeness (QED) is 0.420. The maximum Gasteiger partial charge on any atom is 0.111 e. The smallest absolute Gasteiger partial charge is 0.111 e. The Labute approximate surface area is 127 Å². The summed E-state index contributed by atoms with van der Waals surface area (Å²) in [6.07, 6.45) is 7.41. The van der Waals surface area contributed by atoms with E-state index < -0.39 is 24.4 Å². The first-order valence-electron chi connectivity index (χ1n) is 8.05. The van der Waals surface area contributed by atoms with Gasteiger partial charge in [-0.25, -0.2) is 0 Å². The standard InChI is InChI=1S/C16H30O5/c1-2-3-4-5-6-7-8-9-10-20-12-14-16(19)15(18)13(17)11-21-14/h4-5,13-19H,2-3,6-12H2,1H3/b5-4+/t13-,14+,15+,16+/m0/s1. The lowest BCUT2D eigenvalue weighted by molar-refractivity contribution is -0.199. The van der Waals surface area contributed by atoms with Gasteiger partial charge < -0.3 is 24.8 Å². The Bertz CT molecular complexity index is 282. The van der Waals surface area contributed by atoms with Gasteiger partial charge in [0.15, 0.2) is 0 Å². The van der Waals surface area contributed by atoms with Crippen molar-refractivity contribution >= 4 is 0 Å². The van der Waals surface area contributed by atoms with E-state index in [4.69, 9.17) is 9.47 Å². The lowest BCUT2D eigenvalue weighted by Gasteiger charge is -2.35. The average Bonchev–Trinajstić information content (AvgIpc) is 2.49. The van der Waals surface area contributed by atoms with E-state index in [1.165, 1.54) is 6.42 Å². The molecule has 1 rings (SSSR count). The fraction of sp³-hybridized carbons (Fsp3) is 0.875. The van der Waals surface area contributed by atoms with Crippen molar-refractivity contribution in [3.8, 4) is 0 Å². The second kappa shape index (κ2) is 11.2. The number of aliphatic hydroxyl groups excluding tert-OH is 3. The predicted octanol–water partition coefficient (Wildman–Crippen LogP) is 1.40. The molecule has 0 unspecified atom stereocenters. The maximum atomic E-state index is 9.73. The van der Waals surface area contributed by atoms with Gasteiger partial charge in [-0.2, -0.15) is 0 Å². The molecular formula is C16H30O5. The van der Waals surface area contributed by atoms with Crippen molar-refractivity contribution in [1.29, 1.82) is 0 Å². The van der Waals surface area contributed by atoms with E-state index in [0.29, 0.717) is 6.61 Å². The van der Waals surface area contributed by atoms with Gasteiger partial charge in [0.2, 0.25) is 0 Å². The Kier molecular flexibility index (Phi) is 9.87. The van der Waals surface area contributed by atoms with Gasteiger partial charge in [-0.05, 0) is 25.7 Å². The van der Waals surface area contributed by atoms with Crippen molar-refractivity contribution in [2.75, 3.05) is 19.8 Å². The molecule has 1 fully saturated rings. The molecule has 0 aromatic rings. The molecule has 0 spiro atoms.